The van der Waals surface area contributed by atoms with Crippen LogP contribution in [-0.2, 0) is 11.3 Å². The highest BCUT2D eigenvalue weighted by Crippen LogP contribution is 2.20. The zero-order valence-corrected chi connectivity index (χ0v) is 14.3. The van der Waals surface area contributed by atoms with Gasteiger partial charge >= 0.3 is 0 Å². The van der Waals surface area contributed by atoms with Crippen molar-refractivity contribution in [3.63, 3.8) is 0 Å². The minimum Gasteiger partial charge on any atom is -0.324 e. The van der Waals surface area contributed by atoms with Crippen LogP contribution in [0.25, 0.3) is 0 Å². The summed E-state index contributed by atoms with van der Waals surface area (Å²) in [6.45, 7) is 1.69. The number of halogens is 2. The molecule has 0 atom stereocenters. The van der Waals surface area contributed by atoms with E-state index in [2.05, 4.69) is 26.2 Å². The van der Waals surface area contributed by atoms with Gasteiger partial charge in [0.1, 0.15) is 6.54 Å². The van der Waals surface area contributed by atoms with Crippen LogP contribution in [0.5, 0.6) is 0 Å². The summed E-state index contributed by atoms with van der Waals surface area (Å²) in [5, 5.41) is 2.74. The Morgan fingerprint density at radius 1 is 1.45 bits per heavy atom. The number of nitrogens with one attached hydrogen (secondary N) is 1. The van der Waals surface area contributed by atoms with Crippen LogP contribution < -0.4 is 10.9 Å². The Kier molecular flexibility index (Phi) is 4.92. The minimum absolute atomic E-state index is 0.0660. The highest BCUT2D eigenvalue weighted by Gasteiger charge is 2.10. The number of benzene rings is 1. The van der Waals surface area contributed by atoms with Crippen LogP contribution in [0.3, 0.4) is 0 Å². The van der Waals surface area contributed by atoms with Gasteiger partial charge in [0.2, 0.25) is 5.91 Å². The van der Waals surface area contributed by atoms with Crippen LogP contribution in [0.4, 0.5) is 5.69 Å². The van der Waals surface area contributed by atoms with Crippen molar-refractivity contribution < 1.29 is 4.79 Å². The number of anilines is 1. The second-order valence-electron chi connectivity index (χ2n) is 4.11. The first kappa shape index (κ1) is 15.2. The molecule has 0 saturated heterocycles. The zero-order chi connectivity index (χ0) is 14.7. The van der Waals surface area contributed by atoms with Crippen molar-refractivity contribution in [2.75, 3.05) is 5.32 Å². The fourth-order valence-electron chi connectivity index (χ4n) is 1.57. The second kappa shape index (κ2) is 6.49. The number of hydrogen-bond donors (Lipinski definition) is 1. The van der Waals surface area contributed by atoms with Crippen molar-refractivity contribution in [1.82, 2.24) is 9.55 Å². The van der Waals surface area contributed by atoms with E-state index < -0.39 is 0 Å². The van der Waals surface area contributed by atoms with Crippen LogP contribution in [-0.4, -0.2) is 15.5 Å². The van der Waals surface area contributed by atoms with E-state index in [-0.39, 0.29) is 18.0 Å². The average molecular weight is 448 g/mol. The number of hydrogen-bond acceptors (Lipinski definition) is 3. The molecule has 0 bridgehead atoms. The Morgan fingerprint density at radius 3 is 2.85 bits per heavy atom. The summed E-state index contributed by atoms with van der Waals surface area (Å²) < 4.78 is 2.61. The monoisotopic (exact) mass is 447 g/mol. The molecular formula is C13H11BrIN3O2. The van der Waals surface area contributed by atoms with Crippen LogP contribution in [0.1, 0.15) is 5.69 Å². The first-order valence-electron chi connectivity index (χ1n) is 5.75. The maximum Gasteiger partial charge on any atom is 0.267 e. The van der Waals surface area contributed by atoms with Crippen LogP contribution in [0, 0.1) is 10.5 Å². The molecule has 2 rings (SSSR count). The molecule has 0 radical (unpaired) electrons. The molecule has 0 aliphatic carbocycles. The molecule has 20 heavy (non-hydrogen) atoms. The van der Waals surface area contributed by atoms with Crippen molar-refractivity contribution >= 4 is 50.1 Å². The van der Waals surface area contributed by atoms with Crippen molar-refractivity contribution in [1.29, 1.82) is 0 Å². The number of rotatable bonds is 3. The van der Waals surface area contributed by atoms with Crippen molar-refractivity contribution in [3.8, 4) is 0 Å². The van der Waals surface area contributed by atoms with Crippen LogP contribution in [0.15, 0.2) is 39.9 Å². The van der Waals surface area contributed by atoms with Crippen LogP contribution in [0.2, 0.25) is 0 Å². The van der Waals surface area contributed by atoms with Gasteiger partial charge in [-0.2, -0.15) is 0 Å². The summed E-state index contributed by atoms with van der Waals surface area (Å²) in [5.41, 5.74) is 1.12. The fraction of sp³-hybridized carbons (Fsp3) is 0.154. The predicted octanol–water partition coefficient (Wildman–Crippen LogP) is 2.56. The third kappa shape index (κ3) is 3.45. The lowest BCUT2D eigenvalue weighted by molar-refractivity contribution is -0.116. The van der Waals surface area contributed by atoms with E-state index in [9.17, 15) is 9.59 Å². The summed E-state index contributed by atoms with van der Waals surface area (Å²) in [6, 6.07) is 7.29. The van der Waals surface area contributed by atoms with E-state index in [1.165, 1.54) is 10.9 Å². The second-order valence-corrected chi connectivity index (χ2v) is 6.04. The van der Waals surface area contributed by atoms with Crippen molar-refractivity contribution in [2.24, 2.45) is 0 Å². The molecule has 1 amide bonds. The van der Waals surface area contributed by atoms with E-state index in [4.69, 9.17) is 0 Å². The topological polar surface area (TPSA) is 64.0 Å². The Balaban J connectivity index is 2.15. The third-order valence-corrected chi connectivity index (χ3v) is 4.55. The van der Waals surface area contributed by atoms with Gasteiger partial charge in [-0.05, 0) is 57.6 Å². The van der Waals surface area contributed by atoms with Gasteiger partial charge in [-0.1, -0.05) is 12.1 Å². The molecule has 0 aliphatic heterocycles. The van der Waals surface area contributed by atoms with Gasteiger partial charge in [0.25, 0.3) is 5.56 Å². The van der Waals surface area contributed by atoms with E-state index in [1.807, 2.05) is 40.8 Å². The number of carbonyl (C=O) groups is 1. The number of amides is 1. The van der Waals surface area contributed by atoms with Gasteiger partial charge in [0.15, 0.2) is 0 Å². The summed E-state index contributed by atoms with van der Waals surface area (Å²) in [5.74, 6) is -0.277. The maximum absolute atomic E-state index is 12.0. The van der Waals surface area contributed by atoms with Crippen molar-refractivity contribution in [2.45, 2.75) is 13.5 Å². The molecule has 5 nitrogen and oxygen atoms in total. The highest BCUT2D eigenvalue weighted by atomic mass is 127. The molecule has 1 aromatic carbocycles. The average Bonchev–Trinajstić information content (AvgIpc) is 2.42. The predicted molar refractivity (Wildman–Crippen MR) is 88.7 cm³/mol. The number of aryl methyl sites for hydroxylation is 1. The van der Waals surface area contributed by atoms with Gasteiger partial charge in [-0.25, -0.2) is 4.98 Å². The zero-order valence-electron chi connectivity index (χ0n) is 10.6. The molecule has 1 N–H and O–H groups in total. The Bertz CT molecular complexity index is 715. The quantitative estimate of drug-likeness (QED) is 0.735. The maximum atomic E-state index is 12.0. The van der Waals surface area contributed by atoms with Gasteiger partial charge in [0.05, 0.1) is 21.3 Å². The molecule has 0 unspecified atom stereocenters. The molecule has 1 heterocycles. The smallest absolute Gasteiger partial charge is 0.267 e. The van der Waals surface area contributed by atoms with Gasteiger partial charge < -0.3 is 5.32 Å². The van der Waals surface area contributed by atoms with Gasteiger partial charge in [0, 0.05) is 4.47 Å². The summed E-state index contributed by atoms with van der Waals surface area (Å²) in [6.07, 6.45) is 1.39. The molecule has 7 heteroatoms. The number of aromatic nitrogens is 2. The number of nitrogens with zero attached hydrogens (tertiary/aromatic N) is 2. The first-order chi connectivity index (χ1) is 9.49. The number of carbonyl (C=O) groups excluding carboxylic acids is 1. The molecule has 1 aromatic heterocycles. The van der Waals surface area contributed by atoms with Gasteiger partial charge in [-0.3, -0.25) is 14.2 Å². The summed E-state index contributed by atoms with van der Waals surface area (Å²) in [7, 11) is 0. The highest BCUT2D eigenvalue weighted by molar-refractivity contribution is 14.1. The first-order valence-corrected chi connectivity index (χ1v) is 7.62. The Hall–Kier alpha value is -1.22. The molecule has 0 aliphatic rings. The normalized spacial score (nSPS) is 10.3. The van der Waals surface area contributed by atoms with Crippen LogP contribution >= 0.6 is 38.5 Å². The molecular weight excluding hydrogens is 437 g/mol. The third-order valence-electron chi connectivity index (χ3n) is 2.62. The molecule has 0 spiro atoms. The Labute approximate surface area is 137 Å². The van der Waals surface area contributed by atoms with Gasteiger partial charge in [-0.15, -0.1) is 0 Å². The molecule has 0 fully saturated rings. The SMILES string of the molecule is Cc1ncn(CC(=O)Nc2ccccc2Br)c(=O)c1I. The number of para-hydroxylation sites is 1. The van der Waals surface area contributed by atoms with E-state index in [0.717, 1.165) is 4.47 Å². The minimum atomic E-state index is -0.277. The van der Waals surface area contributed by atoms with E-state index in [0.29, 0.717) is 15.0 Å². The van der Waals surface area contributed by atoms with E-state index in [1.54, 1.807) is 13.0 Å². The lowest BCUT2D eigenvalue weighted by atomic mass is 10.3. The van der Waals surface area contributed by atoms with E-state index >= 15 is 0 Å². The lowest BCUT2D eigenvalue weighted by Gasteiger charge is -2.09. The summed E-state index contributed by atoms with van der Waals surface area (Å²) >= 11 is 5.28. The molecule has 104 valence electrons. The summed E-state index contributed by atoms with van der Waals surface area (Å²) in [4.78, 5) is 28.0. The largest absolute Gasteiger partial charge is 0.324 e. The fourth-order valence-corrected chi connectivity index (χ4v) is 2.40. The Morgan fingerprint density at radius 2 is 2.15 bits per heavy atom. The molecule has 2 aromatic rings. The van der Waals surface area contributed by atoms with Crippen molar-refractivity contribution in [3.05, 3.63) is 54.7 Å². The molecule has 0 saturated carbocycles. The lowest BCUT2D eigenvalue weighted by Crippen LogP contribution is -2.30. The standard InChI is InChI=1S/C13H11BrIN3O2/c1-8-12(15)13(20)18(7-16-8)6-11(19)17-10-5-3-2-4-9(10)14/h2-5,7H,6H2,1H3,(H,17,19).